The number of pyridine rings is 3. The van der Waals surface area contributed by atoms with Crippen LogP contribution in [0.3, 0.4) is 0 Å². The summed E-state index contributed by atoms with van der Waals surface area (Å²) >= 11 is 0. The van der Waals surface area contributed by atoms with E-state index in [2.05, 4.69) is 77.5 Å². The van der Waals surface area contributed by atoms with E-state index in [1.807, 2.05) is 30.9 Å². The second kappa shape index (κ2) is 9.26. The summed E-state index contributed by atoms with van der Waals surface area (Å²) in [5, 5.41) is 9.87. The summed E-state index contributed by atoms with van der Waals surface area (Å²) < 4.78 is 0. The average molecular weight is 486 g/mol. The lowest BCUT2D eigenvalue weighted by atomic mass is 10.0. The monoisotopic (exact) mass is 485 g/mol. The van der Waals surface area contributed by atoms with Crippen molar-refractivity contribution in [2.45, 2.75) is 25.8 Å². The minimum atomic E-state index is 0.766. The van der Waals surface area contributed by atoms with Crippen LogP contribution in [0.2, 0.25) is 0 Å². The summed E-state index contributed by atoms with van der Waals surface area (Å²) in [6.45, 7) is 3.29. The number of nitrogens with one attached hydrogen (secondary N) is 2. The predicted octanol–water partition coefficient (Wildman–Crippen LogP) is 6.22. The zero-order valence-corrected chi connectivity index (χ0v) is 20.5. The molecule has 182 valence electrons. The highest BCUT2D eigenvalue weighted by Crippen LogP contribution is 2.34. The molecular weight excluding hydrogens is 458 g/mol. The number of hydrogen-bond acceptors (Lipinski definition) is 5. The number of hydrogen-bond donors (Lipinski definition) is 2. The van der Waals surface area contributed by atoms with Gasteiger partial charge in [-0.05, 0) is 67.4 Å². The van der Waals surface area contributed by atoms with Crippen molar-refractivity contribution >= 4 is 21.9 Å². The first kappa shape index (κ1) is 21.9. The van der Waals surface area contributed by atoms with Gasteiger partial charge in [0.15, 0.2) is 5.65 Å². The molecule has 37 heavy (non-hydrogen) atoms. The minimum Gasteiger partial charge on any atom is -0.353 e. The fraction of sp³-hybridized carbons (Fsp3) is 0.200. The van der Waals surface area contributed by atoms with E-state index in [-0.39, 0.29) is 0 Å². The zero-order valence-electron chi connectivity index (χ0n) is 20.5. The molecule has 1 aromatic carbocycles. The summed E-state index contributed by atoms with van der Waals surface area (Å²) in [6.07, 6.45) is 13.4. The number of aromatic nitrogens is 6. The van der Waals surface area contributed by atoms with Crippen LogP contribution in [0.5, 0.6) is 0 Å². The Morgan fingerprint density at radius 3 is 2.57 bits per heavy atom. The first-order valence-electron chi connectivity index (χ1n) is 12.9. The Morgan fingerprint density at radius 2 is 1.68 bits per heavy atom. The molecule has 1 fully saturated rings. The standard InChI is InChI=1S/C30H27N7/c1-2-10-37(11-3-1)19-20-12-22(17-32-15-20)23-13-26-29(35-36-30(26)33-18-23)28-14-25-24(7-4-8-27(25)34-28)21-6-5-9-31-16-21/h4-9,12-18,34H,1-3,10-11,19H2,(H,33,35,36). The van der Waals surface area contributed by atoms with E-state index in [1.165, 1.54) is 37.9 Å². The number of H-pyrrole nitrogens is 2. The minimum absolute atomic E-state index is 0.766. The van der Waals surface area contributed by atoms with Crippen LogP contribution in [0.25, 0.3) is 55.6 Å². The lowest BCUT2D eigenvalue weighted by Crippen LogP contribution is -2.29. The SMILES string of the molecule is c1cncc(-c2cccc3[nH]c(-c4n[nH]c5ncc(-c6cncc(CN7CCCCC7)c6)cc45)cc23)c1. The molecule has 0 spiro atoms. The van der Waals surface area contributed by atoms with Crippen molar-refractivity contribution in [2.75, 3.05) is 13.1 Å². The van der Waals surface area contributed by atoms with Crippen LogP contribution in [0, 0.1) is 0 Å². The maximum atomic E-state index is 4.69. The molecule has 0 saturated carbocycles. The molecule has 7 rings (SSSR count). The molecule has 1 aliphatic heterocycles. The molecule has 0 unspecified atom stereocenters. The molecule has 0 amide bonds. The Balaban J connectivity index is 1.26. The molecule has 1 aliphatic rings. The Bertz CT molecular complexity index is 1690. The summed E-state index contributed by atoms with van der Waals surface area (Å²) in [7, 11) is 0. The van der Waals surface area contributed by atoms with Gasteiger partial charge in [0.05, 0.1) is 5.69 Å². The third-order valence-corrected chi connectivity index (χ3v) is 7.29. The zero-order chi connectivity index (χ0) is 24.6. The summed E-state index contributed by atoms with van der Waals surface area (Å²) in [6, 6.07) is 16.9. The van der Waals surface area contributed by atoms with Crippen LogP contribution in [0.15, 0.2) is 79.5 Å². The maximum absolute atomic E-state index is 4.69. The quantitative estimate of drug-likeness (QED) is 0.303. The third kappa shape index (κ3) is 4.17. The van der Waals surface area contributed by atoms with Gasteiger partial charge in [0.25, 0.3) is 0 Å². The number of piperidine rings is 1. The number of fused-ring (bicyclic) bond motifs is 2. The van der Waals surface area contributed by atoms with Gasteiger partial charge in [-0.25, -0.2) is 4.98 Å². The van der Waals surface area contributed by atoms with Gasteiger partial charge in [-0.2, -0.15) is 5.10 Å². The normalized spacial score (nSPS) is 14.5. The molecule has 7 nitrogen and oxygen atoms in total. The van der Waals surface area contributed by atoms with Crippen LogP contribution in [0.1, 0.15) is 24.8 Å². The molecule has 6 heterocycles. The molecular formula is C30H27N7. The highest BCUT2D eigenvalue weighted by Gasteiger charge is 2.16. The van der Waals surface area contributed by atoms with Crippen molar-refractivity contribution in [1.82, 2.24) is 35.0 Å². The van der Waals surface area contributed by atoms with E-state index in [0.717, 1.165) is 62.1 Å². The second-order valence-corrected chi connectivity index (χ2v) is 9.80. The lowest BCUT2D eigenvalue weighted by Gasteiger charge is -2.26. The predicted molar refractivity (Wildman–Crippen MR) is 147 cm³/mol. The van der Waals surface area contributed by atoms with Crippen molar-refractivity contribution in [3.05, 3.63) is 85.1 Å². The molecule has 5 aromatic heterocycles. The molecule has 0 radical (unpaired) electrons. The Labute approximate surface area is 214 Å². The number of benzene rings is 1. The molecule has 0 atom stereocenters. The molecule has 6 aromatic rings. The third-order valence-electron chi connectivity index (χ3n) is 7.29. The first-order valence-corrected chi connectivity index (χ1v) is 12.9. The molecule has 0 bridgehead atoms. The summed E-state index contributed by atoms with van der Waals surface area (Å²) in [5.74, 6) is 0. The van der Waals surface area contributed by atoms with Crippen molar-refractivity contribution < 1.29 is 0 Å². The van der Waals surface area contributed by atoms with Gasteiger partial charge < -0.3 is 4.98 Å². The molecule has 0 aliphatic carbocycles. The highest BCUT2D eigenvalue weighted by molar-refractivity contribution is 6.01. The largest absolute Gasteiger partial charge is 0.353 e. The van der Waals surface area contributed by atoms with Crippen molar-refractivity contribution in [3.8, 4) is 33.6 Å². The topological polar surface area (TPSA) is 86.4 Å². The van der Waals surface area contributed by atoms with E-state index < -0.39 is 0 Å². The van der Waals surface area contributed by atoms with Crippen LogP contribution >= 0.6 is 0 Å². The van der Waals surface area contributed by atoms with Gasteiger partial charge >= 0.3 is 0 Å². The van der Waals surface area contributed by atoms with E-state index in [4.69, 9.17) is 0 Å². The van der Waals surface area contributed by atoms with Crippen molar-refractivity contribution in [3.63, 3.8) is 0 Å². The van der Waals surface area contributed by atoms with Crippen molar-refractivity contribution in [2.24, 2.45) is 0 Å². The number of likely N-dealkylation sites (tertiary alicyclic amines) is 1. The van der Waals surface area contributed by atoms with E-state index in [0.29, 0.717) is 0 Å². The van der Waals surface area contributed by atoms with E-state index in [1.54, 1.807) is 6.20 Å². The van der Waals surface area contributed by atoms with Gasteiger partial charge in [0, 0.05) is 70.5 Å². The van der Waals surface area contributed by atoms with E-state index >= 15 is 0 Å². The Morgan fingerprint density at radius 1 is 0.784 bits per heavy atom. The van der Waals surface area contributed by atoms with Gasteiger partial charge in [0.2, 0.25) is 0 Å². The second-order valence-electron chi connectivity index (χ2n) is 9.80. The number of rotatable bonds is 5. The smallest absolute Gasteiger partial charge is 0.155 e. The number of aromatic amines is 2. The van der Waals surface area contributed by atoms with Crippen molar-refractivity contribution in [1.29, 1.82) is 0 Å². The molecule has 1 saturated heterocycles. The highest BCUT2D eigenvalue weighted by atomic mass is 15.2. The number of nitrogens with zero attached hydrogens (tertiary/aromatic N) is 5. The van der Waals surface area contributed by atoms with Crippen LogP contribution < -0.4 is 0 Å². The van der Waals surface area contributed by atoms with E-state index in [9.17, 15) is 0 Å². The van der Waals surface area contributed by atoms with Gasteiger partial charge in [-0.3, -0.25) is 20.0 Å². The molecule has 7 heteroatoms. The fourth-order valence-corrected chi connectivity index (χ4v) is 5.43. The Kier molecular flexibility index (Phi) is 5.48. The van der Waals surface area contributed by atoms with Crippen LogP contribution in [-0.2, 0) is 6.54 Å². The maximum Gasteiger partial charge on any atom is 0.155 e. The van der Waals surface area contributed by atoms with Crippen LogP contribution in [-0.4, -0.2) is 48.1 Å². The van der Waals surface area contributed by atoms with Crippen LogP contribution in [0.4, 0.5) is 0 Å². The summed E-state index contributed by atoms with van der Waals surface area (Å²) in [5.41, 5.74) is 9.22. The Hall–Kier alpha value is -4.36. The lowest BCUT2D eigenvalue weighted by molar-refractivity contribution is 0.220. The van der Waals surface area contributed by atoms with Gasteiger partial charge in [0.1, 0.15) is 5.69 Å². The van der Waals surface area contributed by atoms with Gasteiger partial charge in [-0.15, -0.1) is 0 Å². The molecule has 2 N–H and O–H groups in total. The first-order chi connectivity index (χ1) is 18.3. The fourth-order valence-electron chi connectivity index (χ4n) is 5.43. The van der Waals surface area contributed by atoms with Gasteiger partial charge in [-0.1, -0.05) is 24.6 Å². The summed E-state index contributed by atoms with van der Waals surface area (Å²) in [4.78, 5) is 19.6. The average Bonchev–Trinajstić information content (AvgIpc) is 3.58.